The van der Waals surface area contributed by atoms with Crippen LogP contribution in [-0.2, 0) is 4.79 Å². The summed E-state index contributed by atoms with van der Waals surface area (Å²) in [5, 5.41) is 8.33. The molecule has 0 radical (unpaired) electrons. The maximum atomic E-state index is 11.6. The first-order valence-corrected chi connectivity index (χ1v) is 5.78. The van der Waals surface area contributed by atoms with E-state index in [-0.39, 0.29) is 13.1 Å². The summed E-state index contributed by atoms with van der Waals surface area (Å²) in [5.41, 5.74) is 0. The molecule has 0 saturated carbocycles. The lowest BCUT2D eigenvalue weighted by Gasteiger charge is -1.99. The average molecular weight is 208 g/mol. The summed E-state index contributed by atoms with van der Waals surface area (Å²) in [6.07, 6.45) is 4.00. The second-order valence-corrected chi connectivity index (χ2v) is 4.08. The van der Waals surface area contributed by atoms with E-state index >= 15 is 0 Å². The van der Waals surface area contributed by atoms with Crippen LogP contribution in [0, 0.1) is 0 Å². The predicted molar refractivity (Wildman–Crippen MR) is 54.0 cm³/mol. The van der Waals surface area contributed by atoms with E-state index in [0.29, 0.717) is 12.2 Å². The van der Waals surface area contributed by atoms with Gasteiger partial charge in [0.25, 0.3) is 0 Å². The van der Waals surface area contributed by atoms with Gasteiger partial charge < -0.3 is 5.11 Å². The Bertz CT molecular complexity index is 131. The number of carboxylic acids is 1. The molecule has 0 aliphatic heterocycles. The number of halogens is 1. The van der Waals surface area contributed by atoms with Gasteiger partial charge in [0.05, 0.1) is 13.1 Å². The maximum Gasteiger partial charge on any atom is 0.304 e. The van der Waals surface area contributed by atoms with Crippen LogP contribution in [0.15, 0.2) is 0 Å². The van der Waals surface area contributed by atoms with Crippen LogP contribution in [0.1, 0.15) is 32.1 Å². The zero-order chi connectivity index (χ0) is 9.94. The van der Waals surface area contributed by atoms with E-state index in [1.54, 1.807) is 11.8 Å². The van der Waals surface area contributed by atoms with Gasteiger partial charge in [-0.2, -0.15) is 11.8 Å². The van der Waals surface area contributed by atoms with E-state index in [9.17, 15) is 9.18 Å². The highest BCUT2D eigenvalue weighted by atomic mass is 32.2. The summed E-state index contributed by atoms with van der Waals surface area (Å²) in [7, 11) is 0. The zero-order valence-corrected chi connectivity index (χ0v) is 8.62. The van der Waals surface area contributed by atoms with Gasteiger partial charge in [-0.1, -0.05) is 12.8 Å². The van der Waals surface area contributed by atoms with Crippen LogP contribution in [0.5, 0.6) is 0 Å². The topological polar surface area (TPSA) is 37.3 Å². The summed E-state index contributed by atoms with van der Waals surface area (Å²) in [4.78, 5) is 10.1. The highest BCUT2D eigenvalue weighted by Gasteiger charge is 1.96. The number of hydrogen-bond donors (Lipinski definition) is 1. The first-order valence-electron chi connectivity index (χ1n) is 4.63. The lowest BCUT2D eigenvalue weighted by atomic mass is 10.2. The monoisotopic (exact) mass is 208 g/mol. The fourth-order valence-electron chi connectivity index (χ4n) is 0.914. The average Bonchev–Trinajstić information content (AvgIpc) is 2.09. The smallest absolute Gasteiger partial charge is 0.304 e. The molecule has 0 fully saturated rings. The molecule has 0 unspecified atom stereocenters. The van der Waals surface area contributed by atoms with Crippen molar-refractivity contribution in [3.05, 3.63) is 0 Å². The molecule has 2 nitrogen and oxygen atoms in total. The highest BCUT2D eigenvalue weighted by Crippen LogP contribution is 2.08. The van der Waals surface area contributed by atoms with Crippen LogP contribution >= 0.6 is 11.8 Å². The van der Waals surface area contributed by atoms with Gasteiger partial charge in [0.15, 0.2) is 0 Å². The molecule has 0 aliphatic rings. The molecule has 1 N–H and O–H groups in total. The number of rotatable bonds is 9. The Hall–Kier alpha value is -0.250. The van der Waals surface area contributed by atoms with Crippen LogP contribution in [0.2, 0.25) is 0 Å². The molecule has 0 amide bonds. The Labute approximate surface area is 82.9 Å². The highest BCUT2D eigenvalue weighted by molar-refractivity contribution is 7.99. The molecule has 0 bridgehead atoms. The van der Waals surface area contributed by atoms with Crippen LogP contribution < -0.4 is 0 Å². The molecule has 0 saturated heterocycles. The second kappa shape index (κ2) is 9.84. The van der Waals surface area contributed by atoms with Gasteiger partial charge in [-0.15, -0.1) is 0 Å². The summed E-state index contributed by atoms with van der Waals surface area (Å²) < 4.78 is 11.6. The van der Waals surface area contributed by atoms with Gasteiger partial charge in [-0.25, -0.2) is 0 Å². The van der Waals surface area contributed by atoms with Crippen molar-refractivity contribution in [3.8, 4) is 0 Å². The Balaban J connectivity index is 2.87. The first-order chi connectivity index (χ1) is 6.27. The van der Waals surface area contributed by atoms with E-state index in [1.807, 2.05) is 0 Å². The summed E-state index contributed by atoms with van der Waals surface area (Å²) in [5.74, 6) is 0.961. The fraction of sp³-hybridized carbons (Fsp3) is 0.889. The molecule has 0 aromatic heterocycles. The number of aliphatic carboxylic acids is 1. The van der Waals surface area contributed by atoms with Gasteiger partial charge >= 0.3 is 5.97 Å². The summed E-state index contributed by atoms with van der Waals surface area (Å²) in [6.45, 7) is -0.216. The van der Waals surface area contributed by atoms with Gasteiger partial charge in [-0.05, 0) is 18.6 Å². The minimum atomic E-state index is -0.732. The SMILES string of the molecule is O=C(O)CCSCCCCCCF. The number of unbranched alkanes of at least 4 members (excludes halogenated alkanes) is 3. The quantitative estimate of drug-likeness (QED) is 0.592. The summed E-state index contributed by atoms with van der Waals surface area (Å²) >= 11 is 1.67. The number of carbonyl (C=O) groups is 1. The molecular weight excluding hydrogens is 191 g/mol. The van der Waals surface area contributed by atoms with Crippen LogP contribution in [-0.4, -0.2) is 29.3 Å². The fourth-order valence-corrected chi connectivity index (χ4v) is 1.85. The molecule has 0 spiro atoms. The van der Waals surface area contributed by atoms with E-state index in [4.69, 9.17) is 5.11 Å². The van der Waals surface area contributed by atoms with Crippen molar-refractivity contribution in [2.24, 2.45) is 0 Å². The number of thioether (sulfide) groups is 1. The van der Waals surface area contributed by atoms with Crippen molar-refractivity contribution in [3.63, 3.8) is 0 Å². The molecule has 0 atom stereocenters. The van der Waals surface area contributed by atoms with Crippen molar-refractivity contribution in [2.45, 2.75) is 32.1 Å². The standard InChI is InChI=1S/C9H17FO2S/c10-6-3-1-2-4-7-13-8-5-9(11)12/h1-8H2,(H,11,12). The maximum absolute atomic E-state index is 11.6. The third-order valence-corrected chi connectivity index (χ3v) is 2.70. The Morgan fingerprint density at radius 2 is 1.85 bits per heavy atom. The Kier molecular flexibility index (Phi) is 9.65. The Morgan fingerprint density at radius 1 is 1.15 bits per heavy atom. The van der Waals surface area contributed by atoms with E-state index in [2.05, 4.69) is 0 Å². The van der Waals surface area contributed by atoms with Crippen molar-refractivity contribution < 1.29 is 14.3 Å². The van der Waals surface area contributed by atoms with Crippen molar-refractivity contribution >= 4 is 17.7 Å². The molecule has 4 heteroatoms. The molecule has 0 aliphatic carbocycles. The van der Waals surface area contributed by atoms with Crippen LogP contribution in [0.4, 0.5) is 4.39 Å². The largest absolute Gasteiger partial charge is 0.481 e. The van der Waals surface area contributed by atoms with E-state index in [1.165, 1.54) is 0 Å². The van der Waals surface area contributed by atoms with Gasteiger partial charge in [0, 0.05) is 5.75 Å². The molecule has 13 heavy (non-hydrogen) atoms. The molecule has 0 rings (SSSR count). The lowest BCUT2D eigenvalue weighted by Crippen LogP contribution is -1.96. The minimum Gasteiger partial charge on any atom is -0.481 e. The van der Waals surface area contributed by atoms with E-state index in [0.717, 1.165) is 25.0 Å². The third kappa shape index (κ3) is 11.8. The summed E-state index contributed by atoms with van der Waals surface area (Å²) in [6, 6.07) is 0. The molecule has 0 aromatic rings. The van der Waals surface area contributed by atoms with Gasteiger partial charge in [0.1, 0.15) is 0 Å². The number of carboxylic acid groups (broad SMARTS) is 1. The molecule has 0 heterocycles. The van der Waals surface area contributed by atoms with Crippen LogP contribution in [0.3, 0.4) is 0 Å². The number of hydrogen-bond acceptors (Lipinski definition) is 2. The number of alkyl halides is 1. The first kappa shape index (κ1) is 12.8. The van der Waals surface area contributed by atoms with E-state index < -0.39 is 5.97 Å². The minimum absolute atomic E-state index is 0.216. The Morgan fingerprint density at radius 3 is 2.46 bits per heavy atom. The lowest BCUT2D eigenvalue weighted by molar-refractivity contribution is -0.136. The normalized spacial score (nSPS) is 10.2. The van der Waals surface area contributed by atoms with Crippen molar-refractivity contribution in [1.29, 1.82) is 0 Å². The molecule has 78 valence electrons. The molecular formula is C9H17FO2S. The predicted octanol–water partition coefficient (Wildman–Crippen LogP) is 2.72. The van der Waals surface area contributed by atoms with Crippen LogP contribution in [0.25, 0.3) is 0 Å². The second-order valence-electron chi connectivity index (χ2n) is 2.86. The zero-order valence-electron chi connectivity index (χ0n) is 7.80. The third-order valence-electron chi connectivity index (χ3n) is 1.63. The van der Waals surface area contributed by atoms with Gasteiger partial charge in [-0.3, -0.25) is 9.18 Å². The van der Waals surface area contributed by atoms with Crippen molar-refractivity contribution in [1.82, 2.24) is 0 Å². The molecule has 0 aromatic carbocycles. The van der Waals surface area contributed by atoms with Gasteiger partial charge in [0.2, 0.25) is 0 Å². The van der Waals surface area contributed by atoms with Crippen molar-refractivity contribution in [2.75, 3.05) is 18.2 Å².